The predicted octanol–water partition coefficient (Wildman–Crippen LogP) is 0.925. The van der Waals surface area contributed by atoms with Crippen LogP contribution in [0.4, 0.5) is 4.39 Å². The van der Waals surface area contributed by atoms with Crippen molar-refractivity contribution in [3.05, 3.63) is 41.5 Å². The van der Waals surface area contributed by atoms with E-state index in [-0.39, 0.29) is 24.3 Å². The third-order valence-corrected chi connectivity index (χ3v) is 3.36. The van der Waals surface area contributed by atoms with Crippen LogP contribution in [-0.2, 0) is 6.54 Å². The lowest BCUT2D eigenvalue weighted by Gasteiger charge is -2.11. The van der Waals surface area contributed by atoms with Crippen LogP contribution in [0, 0.1) is 5.82 Å². The van der Waals surface area contributed by atoms with Crippen LogP contribution in [0.25, 0.3) is 0 Å². The number of aromatic nitrogens is 4. The number of tetrazole rings is 1. The summed E-state index contributed by atoms with van der Waals surface area (Å²) < 4.78 is 14.5. The van der Waals surface area contributed by atoms with Crippen LogP contribution >= 0.6 is 12.4 Å². The number of hydrogen-bond acceptors (Lipinski definition) is 6. The number of rotatable bonds is 8. The topological polar surface area (TPSA) is 110 Å². The Morgan fingerprint density at radius 2 is 1.91 bits per heavy atom. The van der Waals surface area contributed by atoms with Crippen LogP contribution in [0.3, 0.4) is 0 Å². The third kappa shape index (κ3) is 6.22. The SMILES string of the molecule is Cl.NC(CCCCB(O)O)c1nnnn1Cc1ccc(F)cc1. The molecule has 0 aliphatic carbocycles. The van der Waals surface area contributed by atoms with Crippen molar-refractivity contribution >= 4 is 19.5 Å². The van der Waals surface area contributed by atoms with Crippen molar-refractivity contribution in [3.63, 3.8) is 0 Å². The Balaban J connectivity index is 0.00000264. The molecule has 2 rings (SSSR count). The molecule has 0 aliphatic rings. The maximum Gasteiger partial charge on any atom is 0.451 e. The van der Waals surface area contributed by atoms with Crippen molar-refractivity contribution in [2.45, 2.75) is 38.2 Å². The van der Waals surface area contributed by atoms with Crippen molar-refractivity contribution < 1.29 is 14.4 Å². The zero-order chi connectivity index (χ0) is 15.9. The number of nitrogens with zero attached hydrogens (tertiary/aromatic N) is 4. The highest BCUT2D eigenvalue weighted by Crippen LogP contribution is 2.16. The van der Waals surface area contributed by atoms with Crippen LogP contribution in [0.1, 0.15) is 36.7 Å². The van der Waals surface area contributed by atoms with E-state index in [9.17, 15) is 4.39 Å². The molecule has 23 heavy (non-hydrogen) atoms. The molecule has 1 atom stereocenters. The maximum atomic E-state index is 12.9. The highest BCUT2D eigenvalue weighted by atomic mass is 35.5. The minimum atomic E-state index is -1.28. The predicted molar refractivity (Wildman–Crippen MR) is 86.3 cm³/mol. The van der Waals surface area contributed by atoms with Gasteiger partial charge in [0.1, 0.15) is 5.82 Å². The molecule has 1 heterocycles. The molecule has 126 valence electrons. The fourth-order valence-corrected chi connectivity index (χ4v) is 2.17. The van der Waals surface area contributed by atoms with Gasteiger partial charge < -0.3 is 15.8 Å². The smallest absolute Gasteiger partial charge is 0.427 e. The molecule has 0 radical (unpaired) electrons. The Labute approximate surface area is 140 Å². The van der Waals surface area contributed by atoms with Gasteiger partial charge in [0.2, 0.25) is 0 Å². The van der Waals surface area contributed by atoms with Gasteiger partial charge in [-0.2, -0.15) is 0 Å². The fourth-order valence-electron chi connectivity index (χ4n) is 2.17. The first-order chi connectivity index (χ1) is 10.6. The summed E-state index contributed by atoms with van der Waals surface area (Å²) in [4.78, 5) is 0. The van der Waals surface area contributed by atoms with Gasteiger partial charge in [-0.1, -0.05) is 25.0 Å². The Morgan fingerprint density at radius 1 is 1.22 bits per heavy atom. The van der Waals surface area contributed by atoms with Gasteiger partial charge in [0.15, 0.2) is 5.82 Å². The van der Waals surface area contributed by atoms with Gasteiger partial charge in [-0.05, 0) is 40.9 Å². The molecule has 0 spiro atoms. The Morgan fingerprint density at radius 3 is 2.57 bits per heavy atom. The van der Waals surface area contributed by atoms with E-state index in [1.807, 2.05) is 0 Å². The zero-order valence-electron chi connectivity index (χ0n) is 12.5. The van der Waals surface area contributed by atoms with Gasteiger partial charge >= 0.3 is 7.12 Å². The second kappa shape index (κ2) is 9.56. The lowest BCUT2D eigenvalue weighted by atomic mass is 9.83. The maximum absolute atomic E-state index is 12.9. The lowest BCUT2D eigenvalue weighted by Crippen LogP contribution is -2.18. The van der Waals surface area contributed by atoms with Gasteiger partial charge in [0.25, 0.3) is 0 Å². The second-order valence-corrected chi connectivity index (χ2v) is 5.19. The first-order valence-electron chi connectivity index (χ1n) is 7.18. The molecule has 0 aliphatic heterocycles. The molecule has 2 aromatic rings. The average molecular weight is 344 g/mol. The minimum Gasteiger partial charge on any atom is -0.427 e. The number of benzene rings is 1. The molecule has 1 aromatic heterocycles. The van der Waals surface area contributed by atoms with Crippen LogP contribution in [-0.4, -0.2) is 37.4 Å². The van der Waals surface area contributed by atoms with Gasteiger partial charge in [0, 0.05) is 0 Å². The summed E-state index contributed by atoms with van der Waals surface area (Å²) in [5.74, 6) is 0.275. The standard InChI is InChI=1S/C13H19BFN5O2.ClH/c15-11-6-4-10(5-7-11)9-20-13(17-18-19-20)12(16)3-1-2-8-14(21)22;/h4-7,12,21-22H,1-3,8-9,16H2;1H. The Bertz CT molecular complexity index is 584. The Kier molecular flexibility index (Phi) is 8.11. The average Bonchev–Trinajstić information content (AvgIpc) is 2.94. The van der Waals surface area contributed by atoms with Gasteiger partial charge in [-0.3, -0.25) is 0 Å². The van der Waals surface area contributed by atoms with E-state index < -0.39 is 7.12 Å². The summed E-state index contributed by atoms with van der Waals surface area (Å²) in [7, 11) is -1.28. The minimum absolute atomic E-state index is 0. The molecule has 4 N–H and O–H groups in total. The molecule has 0 fully saturated rings. The summed E-state index contributed by atoms with van der Waals surface area (Å²) in [5.41, 5.74) is 6.97. The molecular weight excluding hydrogens is 323 g/mol. The molecular formula is C13H20BClFN5O2. The second-order valence-electron chi connectivity index (χ2n) is 5.19. The highest BCUT2D eigenvalue weighted by Gasteiger charge is 2.15. The summed E-state index contributed by atoms with van der Waals surface area (Å²) in [6, 6.07) is 5.80. The molecule has 0 amide bonds. The lowest BCUT2D eigenvalue weighted by molar-refractivity contribution is 0.400. The molecule has 7 nitrogen and oxygen atoms in total. The van der Waals surface area contributed by atoms with E-state index in [1.54, 1.807) is 16.8 Å². The molecule has 0 saturated heterocycles. The first kappa shape index (κ1) is 19.5. The number of unbranched alkanes of at least 4 members (excludes halogenated alkanes) is 1. The van der Waals surface area contributed by atoms with Crippen LogP contribution in [0.5, 0.6) is 0 Å². The Hall–Kier alpha value is -1.55. The molecule has 10 heteroatoms. The molecule has 1 unspecified atom stereocenters. The van der Waals surface area contributed by atoms with E-state index >= 15 is 0 Å². The highest BCUT2D eigenvalue weighted by molar-refractivity contribution is 6.40. The molecule has 0 bridgehead atoms. The van der Waals surface area contributed by atoms with Gasteiger partial charge in [-0.15, -0.1) is 17.5 Å². The van der Waals surface area contributed by atoms with E-state index in [0.29, 0.717) is 31.5 Å². The van der Waals surface area contributed by atoms with Gasteiger partial charge in [0.05, 0.1) is 12.6 Å². The fraction of sp³-hybridized carbons (Fsp3) is 0.462. The van der Waals surface area contributed by atoms with E-state index in [2.05, 4.69) is 15.5 Å². The third-order valence-electron chi connectivity index (χ3n) is 3.36. The molecule has 1 aromatic carbocycles. The molecule has 0 saturated carbocycles. The summed E-state index contributed by atoms with van der Waals surface area (Å²) in [5, 5.41) is 29.1. The number of nitrogens with two attached hydrogens (primary N) is 1. The normalized spacial score (nSPS) is 11.8. The monoisotopic (exact) mass is 343 g/mol. The van der Waals surface area contributed by atoms with Crippen LogP contribution < -0.4 is 5.73 Å². The van der Waals surface area contributed by atoms with Crippen molar-refractivity contribution in [2.24, 2.45) is 5.73 Å². The van der Waals surface area contributed by atoms with Crippen LogP contribution in [0.2, 0.25) is 6.32 Å². The zero-order valence-corrected chi connectivity index (χ0v) is 13.4. The van der Waals surface area contributed by atoms with Crippen molar-refractivity contribution in [3.8, 4) is 0 Å². The van der Waals surface area contributed by atoms with Gasteiger partial charge in [-0.25, -0.2) is 9.07 Å². The van der Waals surface area contributed by atoms with Crippen LogP contribution in [0.15, 0.2) is 24.3 Å². The van der Waals surface area contributed by atoms with Crippen molar-refractivity contribution in [2.75, 3.05) is 0 Å². The van der Waals surface area contributed by atoms with E-state index in [1.165, 1.54) is 12.1 Å². The van der Waals surface area contributed by atoms with E-state index in [0.717, 1.165) is 12.0 Å². The van der Waals surface area contributed by atoms with E-state index in [4.69, 9.17) is 15.8 Å². The number of hydrogen-bond donors (Lipinski definition) is 3. The van der Waals surface area contributed by atoms with Crippen molar-refractivity contribution in [1.82, 2.24) is 20.2 Å². The van der Waals surface area contributed by atoms with Crippen molar-refractivity contribution in [1.29, 1.82) is 0 Å². The summed E-state index contributed by atoms with van der Waals surface area (Å²) in [6.07, 6.45) is 2.40. The largest absolute Gasteiger partial charge is 0.451 e. The quantitative estimate of drug-likeness (QED) is 0.486. The summed E-state index contributed by atoms with van der Waals surface area (Å²) >= 11 is 0. The first-order valence-corrected chi connectivity index (χ1v) is 7.18. The number of halogens is 2. The summed E-state index contributed by atoms with van der Waals surface area (Å²) in [6.45, 7) is 0.422.